The average Bonchev–Trinajstić information content (AvgIpc) is 2.59. The molecule has 0 fully saturated rings. The second kappa shape index (κ2) is 7.18. The monoisotopic (exact) mass is 309 g/mol. The molecule has 0 amide bonds. The van der Waals surface area contributed by atoms with Crippen LogP contribution in [-0.2, 0) is 0 Å². The van der Waals surface area contributed by atoms with E-state index in [1.165, 1.54) is 6.07 Å². The standard InChI is InChI=1S/C17H15N3O3/c1-19(11-5-10-18)15-9-8-14(12-16(15)20(22)23)17(21)13-6-3-2-4-7-13/h2-4,6-9,12H,5,11H2,1H3. The summed E-state index contributed by atoms with van der Waals surface area (Å²) >= 11 is 0. The van der Waals surface area contributed by atoms with Crippen LogP contribution in [-0.4, -0.2) is 24.3 Å². The molecule has 0 spiro atoms. The quantitative estimate of drug-likeness (QED) is 0.464. The maximum Gasteiger partial charge on any atom is 0.293 e. The third-order valence-electron chi connectivity index (χ3n) is 3.44. The van der Waals surface area contributed by atoms with Crippen LogP contribution in [0.25, 0.3) is 0 Å². The molecule has 0 heterocycles. The van der Waals surface area contributed by atoms with E-state index in [1.807, 2.05) is 6.07 Å². The van der Waals surface area contributed by atoms with Crippen molar-refractivity contribution in [2.24, 2.45) is 0 Å². The molecule has 6 nitrogen and oxygen atoms in total. The summed E-state index contributed by atoms with van der Waals surface area (Å²) in [4.78, 5) is 24.8. The Labute approximate surface area is 133 Å². The highest BCUT2D eigenvalue weighted by atomic mass is 16.6. The van der Waals surface area contributed by atoms with Crippen LogP contribution < -0.4 is 4.90 Å². The first-order valence-corrected chi connectivity index (χ1v) is 7.01. The summed E-state index contributed by atoms with van der Waals surface area (Å²) < 4.78 is 0. The zero-order valence-corrected chi connectivity index (χ0v) is 12.6. The van der Waals surface area contributed by atoms with Crippen molar-refractivity contribution in [3.63, 3.8) is 0 Å². The molecule has 0 atom stereocenters. The number of carbonyl (C=O) groups is 1. The number of benzene rings is 2. The number of nitrogens with zero attached hydrogens (tertiary/aromatic N) is 3. The lowest BCUT2D eigenvalue weighted by molar-refractivity contribution is -0.384. The van der Waals surface area contributed by atoms with Crippen LogP contribution in [0.4, 0.5) is 11.4 Å². The Morgan fingerprint density at radius 2 is 1.91 bits per heavy atom. The van der Waals surface area contributed by atoms with Gasteiger partial charge in [-0.05, 0) is 12.1 Å². The van der Waals surface area contributed by atoms with Gasteiger partial charge in [-0.2, -0.15) is 5.26 Å². The lowest BCUT2D eigenvalue weighted by Crippen LogP contribution is -2.19. The van der Waals surface area contributed by atoms with Gasteiger partial charge in [0.05, 0.1) is 17.4 Å². The fourth-order valence-corrected chi connectivity index (χ4v) is 2.23. The van der Waals surface area contributed by atoms with Gasteiger partial charge in [0.25, 0.3) is 5.69 Å². The minimum absolute atomic E-state index is 0.146. The fourth-order valence-electron chi connectivity index (χ4n) is 2.23. The van der Waals surface area contributed by atoms with Gasteiger partial charge in [0.2, 0.25) is 0 Å². The molecule has 0 unspecified atom stereocenters. The molecule has 0 N–H and O–H groups in total. The van der Waals surface area contributed by atoms with Gasteiger partial charge < -0.3 is 4.90 Å². The molecule has 0 saturated carbocycles. The minimum Gasteiger partial charge on any atom is -0.368 e. The maximum absolute atomic E-state index is 12.4. The Kier molecular flexibility index (Phi) is 5.05. The second-order valence-electron chi connectivity index (χ2n) is 4.99. The average molecular weight is 309 g/mol. The van der Waals surface area contributed by atoms with Gasteiger partial charge in [-0.15, -0.1) is 0 Å². The van der Waals surface area contributed by atoms with Gasteiger partial charge in [0, 0.05) is 30.8 Å². The molecule has 0 bridgehead atoms. The van der Waals surface area contributed by atoms with E-state index in [9.17, 15) is 14.9 Å². The van der Waals surface area contributed by atoms with Crippen LogP contribution in [0.5, 0.6) is 0 Å². The minimum atomic E-state index is -0.514. The summed E-state index contributed by atoms with van der Waals surface area (Å²) in [5, 5.41) is 19.9. The Hall–Kier alpha value is -3.20. The Balaban J connectivity index is 2.38. The Bertz CT molecular complexity index is 766. The van der Waals surface area contributed by atoms with Crippen molar-refractivity contribution < 1.29 is 9.72 Å². The van der Waals surface area contributed by atoms with Gasteiger partial charge in [0.1, 0.15) is 5.69 Å². The molecule has 0 saturated heterocycles. The molecule has 0 aliphatic rings. The van der Waals surface area contributed by atoms with Gasteiger partial charge in [-0.25, -0.2) is 0 Å². The van der Waals surface area contributed by atoms with Crippen LogP contribution in [0.1, 0.15) is 22.3 Å². The molecule has 23 heavy (non-hydrogen) atoms. The number of nitro benzene ring substituents is 1. The fraction of sp³-hybridized carbons (Fsp3) is 0.176. The topological polar surface area (TPSA) is 87.2 Å². The van der Waals surface area contributed by atoms with Crippen molar-refractivity contribution >= 4 is 17.2 Å². The molecule has 0 aliphatic heterocycles. The smallest absolute Gasteiger partial charge is 0.293 e. The van der Waals surface area contributed by atoms with Crippen LogP contribution in [0.3, 0.4) is 0 Å². The van der Waals surface area contributed by atoms with E-state index in [0.29, 0.717) is 17.8 Å². The van der Waals surface area contributed by atoms with Gasteiger partial charge in [-0.3, -0.25) is 14.9 Å². The van der Waals surface area contributed by atoms with Crippen LogP contribution in [0, 0.1) is 21.4 Å². The molecule has 0 aromatic heterocycles. The molecule has 0 aliphatic carbocycles. The number of hydrogen-bond donors (Lipinski definition) is 0. The number of carbonyl (C=O) groups excluding carboxylic acids is 1. The number of hydrogen-bond acceptors (Lipinski definition) is 5. The van der Waals surface area contributed by atoms with E-state index in [0.717, 1.165) is 0 Å². The largest absolute Gasteiger partial charge is 0.368 e. The van der Waals surface area contributed by atoms with E-state index >= 15 is 0 Å². The van der Waals surface area contributed by atoms with E-state index < -0.39 is 4.92 Å². The number of rotatable bonds is 6. The third-order valence-corrected chi connectivity index (χ3v) is 3.44. The summed E-state index contributed by atoms with van der Waals surface area (Å²) in [5.74, 6) is -0.264. The summed E-state index contributed by atoms with van der Waals surface area (Å²) in [7, 11) is 1.68. The van der Waals surface area contributed by atoms with E-state index in [-0.39, 0.29) is 23.5 Å². The summed E-state index contributed by atoms with van der Waals surface area (Å²) in [6.45, 7) is 0.378. The van der Waals surface area contributed by atoms with Crippen molar-refractivity contribution in [2.75, 3.05) is 18.5 Å². The molecule has 2 aromatic rings. The lowest BCUT2D eigenvalue weighted by Gasteiger charge is -2.18. The van der Waals surface area contributed by atoms with Crippen molar-refractivity contribution in [1.29, 1.82) is 5.26 Å². The van der Waals surface area contributed by atoms with Crippen molar-refractivity contribution in [3.05, 3.63) is 69.8 Å². The molecule has 116 valence electrons. The highest BCUT2D eigenvalue weighted by Gasteiger charge is 2.20. The SMILES string of the molecule is CN(CCC#N)c1ccc(C(=O)c2ccccc2)cc1[N+](=O)[O-]. The lowest BCUT2D eigenvalue weighted by atomic mass is 10.0. The number of nitro groups is 1. The van der Waals surface area contributed by atoms with Crippen LogP contribution >= 0.6 is 0 Å². The number of nitriles is 1. The van der Waals surface area contributed by atoms with E-state index in [2.05, 4.69) is 0 Å². The molecule has 6 heteroatoms. The maximum atomic E-state index is 12.4. The molecule has 2 aromatic carbocycles. The summed E-state index contributed by atoms with van der Waals surface area (Å²) in [6.07, 6.45) is 0.262. The number of anilines is 1. The van der Waals surface area contributed by atoms with Gasteiger partial charge >= 0.3 is 0 Å². The second-order valence-corrected chi connectivity index (χ2v) is 4.99. The zero-order chi connectivity index (χ0) is 16.8. The van der Waals surface area contributed by atoms with Crippen molar-refractivity contribution in [1.82, 2.24) is 0 Å². The van der Waals surface area contributed by atoms with E-state index in [1.54, 1.807) is 54.4 Å². The van der Waals surface area contributed by atoms with E-state index in [4.69, 9.17) is 5.26 Å². The first kappa shape index (κ1) is 16.2. The van der Waals surface area contributed by atoms with Crippen LogP contribution in [0.2, 0.25) is 0 Å². The Morgan fingerprint density at radius 3 is 2.52 bits per heavy atom. The number of ketones is 1. The predicted molar refractivity (Wildman–Crippen MR) is 86.5 cm³/mol. The normalized spacial score (nSPS) is 9.91. The highest BCUT2D eigenvalue weighted by Crippen LogP contribution is 2.29. The van der Waals surface area contributed by atoms with Crippen molar-refractivity contribution in [3.8, 4) is 6.07 Å². The summed E-state index contributed by atoms with van der Waals surface area (Å²) in [5.41, 5.74) is 0.981. The van der Waals surface area contributed by atoms with Crippen molar-refractivity contribution in [2.45, 2.75) is 6.42 Å². The molecule has 0 radical (unpaired) electrons. The van der Waals surface area contributed by atoms with Gasteiger partial charge in [-0.1, -0.05) is 30.3 Å². The molecular formula is C17H15N3O3. The first-order valence-electron chi connectivity index (χ1n) is 7.01. The third kappa shape index (κ3) is 3.71. The van der Waals surface area contributed by atoms with Crippen LogP contribution in [0.15, 0.2) is 48.5 Å². The predicted octanol–water partition coefficient (Wildman–Crippen LogP) is 3.18. The first-order chi connectivity index (χ1) is 11.0. The summed E-state index contributed by atoms with van der Waals surface area (Å²) in [6, 6.07) is 15.0. The Morgan fingerprint density at radius 1 is 1.22 bits per heavy atom. The van der Waals surface area contributed by atoms with Gasteiger partial charge in [0.15, 0.2) is 5.78 Å². The highest BCUT2D eigenvalue weighted by molar-refractivity contribution is 6.09. The molecule has 2 rings (SSSR count). The molecular weight excluding hydrogens is 294 g/mol. The zero-order valence-electron chi connectivity index (χ0n) is 12.6.